The second kappa shape index (κ2) is 9.58. The number of carbonyl (C=O) groups is 1. The highest BCUT2D eigenvalue weighted by Gasteiger charge is 2.07. The number of benzene rings is 2. The van der Waals surface area contributed by atoms with Crippen molar-refractivity contribution in [2.24, 2.45) is 0 Å². The Morgan fingerprint density at radius 3 is 2.71 bits per heavy atom. The van der Waals surface area contributed by atoms with Crippen LogP contribution in [0.1, 0.15) is 16.7 Å². The van der Waals surface area contributed by atoms with Crippen LogP contribution in [0.2, 0.25) is 0 Å². The zero-order chi connectivity index (χ0) is 19.8. The van der Waals surface area contributed by atoms with Crippen LogP contribution in [-0.4, -0.2) is 16.6 Å². The molecule has 3 aromatic rings. The Kier molecular flexibility index (Phi) is 6.66. The summed E-state index contributed by atoms with van der Waals surface area (Å²) in [6, 6.07) is 18.7. The summed E-state index contributed by atoms with van der Waals surface area (Å²) in [5.74, 6) is 2.41. The van der Waals surface area contributed by atoms with Gasteiger partial charge in [0.1, 0.15) is 11.5 Å². The quantitative estimate of drug-likeness (QED) is 0.620. The monoisotopic (exact) mass is 389 g/mol. The number of amides is 1. The fraction of sp³-hybridized carbons (Fsp3) is 0.136. The molecule has 1 heterocycles. The molecule has 0 aliphatic heterocycles. The Hall–Kier alpha value is -3.30. The standard InChI is InChI=1S/C22H19N3O2S/c1-16-11-19(8-9-21(16)27-20-3-2-10-24-13-20)25-22(26)15-28-14-18-6-4-17(12-23)5-7-18/h2-11,13H,14-15H2,1H3,(H,25,26). The third-order valence-corrected chi connectivity index (χ3v) is 4.91. The van der Waals surface area contributed by atoms with Crippen LogP contribution in [0.25, 0.3) is 0 Å². The minimum Gasteiger partial charge on any atom is -0.455 e. The molecule has 1 aromatic heterocycles. The second-order valence-electron chi connectivity index (χ2n) is 6.12. The number of nitriles is 1. The van der Waals surface area contributed by atoms with Crippen LogP contribution in [0.4, 0.5) is 5.69 Å². The van der Waals surface area contributed by atoms with Gasteiger partial charge in [0.2, 0.25) is 5.91 Å². The number of ether oxygens (including phenoxy) is 1. The average Bonchev–Trinajstić information content (AvgIpc) is 2.71. The maximum atomic E-state index is 12.2. The van der Waals surface area contributed by atoms with E-state index in [-0.39, 0.29) is 5.91 Å². The van der Waals surface area contributed by atoms with E-state index in [0.29, 0.717) is 17.1 Å². The number of rotatable bonds is 7. The SMILES string of the molecule is Cc1cc(NC(=O)CSCc2ccc(C#N)cc2)ccc1Oc1cccnc1. The molecule has 0 aliphatic rings. The first kappa shape index (κ1) is 19.5. The molecule has 0 saturated carbocycles. The Bertz CT molecular complexity index is 983. The molecule has 0 aliphatic carbocycles. The summed E-state index contributed by atoms with van der Waals surface area (Å²) in [7, 11) is 0. The summed E-state index contributed by atoms with van der Waals surface area (Å²) >= 11 is 1.53. The lowest BCUT2D eigenvalue weighted by Crippen LogP contribution is -2.14. The highest BCUT2D eigenvalue weighted by Crippen LogP contribution is 2.27. The molecule has 0 atom stereocenters. The molecule has 140 valence electrons. The molecule has 0 bridgehead atoms. The van der Waals surface area contributed by atoms with Gasteiger partial charge in [-0.3, -0.25) is 9.78 Å². The molecule has 2 aromatic carbocycles. The first-order valence-electron chi connectivity index (χ1n) is 8.69. The topological polar surface area (TPSA) is 75.0 Å². The summed E-state index contributed by atoms with van der Waals surface area (Å²) in [6.07, 6.45) is 3.35. The zero-order valence-corrected chi connectivity index (χ0v) is 16.2. The second-order valence-corrected chi connectivity index (χ2v) is 7.11. The van der Waals surface area contributed by atoms with Gasteiger partial charge in [0.15, 0.2) is 0 Å². The smallest absolute Gasteiger partial charge is 0.234 e. The molecular formula is C22H19N3O2S. The number of carbonyl (C=O) groups excluding carboxylic acids is 1. The van der Waals surface area contributed by atoms with Crippen molar-refractivity contribution in [2.75, 3.05) is 11.1 Å². The summed E-state index contributed by atoms with van der Waals surface area (Å²) in [5.41, 5.74) is 3.38. The predicted octanol–water partition coefficient (Wildman–Crippen LogP) is 4.93. The van der Waals surface area contributed by atoms with E-state index in [2.05, 4.69) is 16.4 Å². The number of nitrogens with one attached hydrogen (secondary N) is 1. The van der Waals surface area contributed by atoms with Crippen molar-refractivity contribution in [1.82, 2.24) is 4.98 Å². The fourth-order valence-corrected chi connectivity index (χ4v) is 3.30. The molecular weight excluding hydrogens is 370 g/mol. The van der Waals surface area contributed by atoms with Gasteiger partial charge in [-0.2, -0.15) is 5.26 Å². The fourth-order valence-electron chi connectivity index (χ4n) is 2.51. The van der Waals surface area contributed by atoms with Gasteiger partial charge in [-0.15, -0.1) is 11.8 Å². The van der Waals surface area contributed by atoms with E-state index in [1.165, 1.54) is 11.8 Å². The van der Waals surface area contributed by atoms with Crippen LogP contribution < -0.4 is 10.1 Å². The first-order valence-corrected chi connectivity index (χ1v) is 9.84. The van der Waals surface area contributed by atoms with E-state index in [4.69, 9.17) is 10.00 Å². The van der Waals surface area contributed by atoms with Crippen LogP contribution in [0.5, 0.6) is 11.5 Å². The predicted molar refractivity (Wildman–Crippen MR) is 111 cm³/mol. The number of hydrogen-bond acceptors (Lipinski definition) is 5. The van der Waals surface area contributed by atoms with Crippen LogP contribution in [0, 0.1) is 18.3 Å². The number of aryl methyl sites for hydroxylation is 1. The van der Waals surface area contributed by atoms with Crippen LogP contribution in [-0.2, 0) is 10.5 Å². The molecule has 6 heteroatoms. The maximum Gasteiger partial charge on any atom is 0.234 e. The van der Waals surface area contributed by atoms with Crippen molar-refractivity contribution in [1.29, 1.82) is 5.26 Å². The van der Waals surface area contributed by atoms with Gasteiger partial charge >= 0.3 is 0 Å². The van der Waals surface area contributed by atoms with Gasteiger partial charge in [0.05, 0.1) is 23.6 Å². The highest BCUT2D eigenvalue weighted by molar-refractivity contribution is 7.99. The minimum atomic E-state index is -0.0565. The number of aromatic nitrogens is 1. The molecule has 28 heavy (non-hydrogen) atoms. The Labute approximate surface area is 168 Å². The molecule has 0 unspecified atom stereocenters. The molecule has 0 spiro atoms. The maximum absolute atomic E-state index is 12.2. The lowest BCUT2D eigenvalue weighted by atomic mass is 10.2. The third-order valence-electron chi connectivity index (χ3n) is 3.91. The molecule has 5 nitrogen and oxygen atoms in total. The van der Waals surface area contributed by atoms with Crippen LogP contribution >= 0.6 is 11.8 Å². The highest BCUT2D eigenvalue weighted by atomic mass is 32.2. The number of anilines is 1. The van der Waals surface area contributed by atoms with Gasteiger partial charge < -0.3 is 10.1 Å². The van der Waals surface area contributed by atoms with E-state index >= 15 is 0 Å². The van der Waals surface area contributed by atoms with Gasteiger partial charge in [-0.1, -0.05) is 12.1 Å². The number of nitrogens with zero attached hydrogens (tertiary/aromatic N) is 2. The van der Waals surface area contributed by atoms with Crippen molar-refractivity contribution >= 4 is 23.4 Å². The Balaban J connectivity index is 1.49. The van der Waals surface area contributed by atoms with E-state index in [1.54, 1.807) is 24.5 Å². The van der Waals surface area contributed by atoms with Crippen molar-refractivity contribution < 1.29 is 9.53 Å². The summed E-state index contributed by atoms with van der Waals surface area (Å²) in [5, 5.41) is 11.7. The van der Waals surface area contributed by atoms with Gasteiger partial charge in [-0.05, 0) is 60.5 Å². The Morgan fingerprint density at radius 2 is 2.04 bits per heavy atom. The molecule has 3 rings (SSSR count). The molecule has 0 saturated heterocycles. The average molecular weight is 389 g/mol. The molecule has 0 fully saturated rings. The van der Waals surface area contributed by atoms with Crippen LogP contribution in [0.3, 0.4) is 0 Å². The molecule has 0 radical (unpaired) electrons. The third kappa shape index (κ3) is 5.60. The number of hydrogen-bond donors (Lipinski definition) is 1. The van der Waals surface area contributed by atoms with Crippen molar-refractivity contribution in [3.8, 4) is 17.6 Å². The zero-order valence-electron chi connectivity index (χ0n) is 15.4. The minimum absolute atomic E-state index is 0.0565. The largest absolute Gasteiger partial charge is 0.455 e. The molecule has 1 N–H and O–H groups in total. The van der Waals surface area contributed by atoms with Crippen molar-refractivity contribution in [3.05, 3.63) is 83.7 Å². The number of pyridine rings is 1. The summed E-state index contributed by atoms with van der Waals surface area (Å²) < 4.78 is 5.80. The van der Waals surface area contributed by atoms with E-state index in [0.717, 1.165) is 28.3 Å². The summed E-state index contributed by atoms with van der Waals surface area (Å²) in [4.78, 5) is 16.2. The molecule has 1 amide bonds. The Morgan fingerprint density at radius 1 is 1.21 bits per heavy atom. The van der Waals surface area contributed by atoms with Gasteiger partial charge in [-0.25, -0.2) is 0 Å². The lowest BCUT2D eigenvalue weighted by molar-refractivity contribution is -0.113. The van der Waals surface area contributed by atoms with Crippen molar-refractivity contribution in [3.63, 3.8) is 0 Å². The van der Waals surface area contributed by atoms with E-state index in [1.807, 2.05) is 49.4 Å². The normalized spacial score (nSPS) is 10.1. The van der Waals surface area contributed by atoms with Crippen LogP contribution in [0.15, 0.2) is 67.0 Å². The van der Waals surface area contributed by atoms with Gasteiger partial charge in [0.25, 0.3) is 0 Å². The number of thioether (sulfide) groups is 1. The van der Waals surface area contributed by atoms with E-state index < -0.39 is 0 Å². The van der Waals surface area contributed by atoms with Crippen molar-refractivity contribution in [2.45, 2.75) is 12.7 Å². The van der Waals surface area contributed by atoms with Gasteiger partial charge in [0, 0.05) is 17.6 Å². The first-order chi connectivity index (χ1) is 13.6. The lowest BCUT2D eigenvalue weighted by Gasteiger charge is -2.11. The van der Waals surface area contributed by atoms with E-state index in [9.17, 15) is 4.79 Å². The summed E-state index contributed by atoms with van der Waals surface area (Å²) in [6.45, 7) is 1.93.